The van der Waals surface area contributed by atoms with E-state index in [0.717, 1.165) is 28.5 Å². The summed E-state index contributed by atoms with van der Waals surface area (Å²) >= 11 is 1.16. The zero-order chi connectivity index (χ0) is 24.6. The van der Waals surface area contributed by atoms with Crippen LogP contribution in [0.5, 0.6) is 5.75 Å². The fourth-order valence-corrected chi connectivity index (χ4v) is 4.60. The maximum atomic E-state index is 12.4. The number of carbonyl (C=O) groups excluding carboxylic acids is 2. The van der Waals surface area contributed by atoms with Crippen LogP contribution < -0.4 is 15.4 Å². The predicted molar refractivity (Wildman–Crippen MR) is 138 cm³/mol. The minimum Gasteiger partial charge on any atom is -0.489 e. The molecule has 1 aliphatic heterocycles. The number of ether oxygens (including phenoxy) is 1. The minimum atomic E-state index is -0.375. The van der Waals surface area contributed by atoms with Crippen LogP contribution in [-0.2, 0) is 16.2 Å². The molecule has 0 aromatic heterocycles. The second-order valence-corrected chi connectivity index (χ2v) is 9.19. The molecule has 1 atom stereocenters. The minimum absolute atomic E-state index is 0.0770. The maximum absolute atomic E-state index is 12.4. The molecule has 2 amide bonds. The van der Waals surface area contributed by atoms with Crippen LogP contribution in [0.4, 0.5) is 5.69 Å². The van der Waals surface area contributed by atoms with Gasteiger partial charge in [-0.25, -0.2) is 0 Å². The van der Waals surface area contributed by atoms with E-state index in [0.29, 0.717) is 28.6 Å². The number of amides is 2. The number of nitrogens with one attached hydrogen (secondary N) is 2. The van der Waals surface area contributed by atoms with Crippen LogP contribution in [0.15, 0.2) is 89.5 Å². The molecule has 6 nitrogen and oxygen atoms in total. The summed E-state index contributed by atoms with van der Waals surface area (Å²) in [7, 11) is 0. The third-order valence-corrected chi connectivity index (χ3v) is 6.59. The van der Waals surface area contributed by atoms with Gasteiger partial charge in [0.1, 0.15) is 12.4 Å². The summed E-state index contributed by atoms with van der Waals surface area (Å²) in [5.41, 5.74) is 4.19. The summed E-state index contributed by atoms with van der Waals surface area (Å²) in [5.74, 6) is 0.0234. The van der Waals surface area contributed by atoms with Gasteiger partial charge in [0, 0.05) is 18.0 Å². The molecule has 0 saturated heterocycles. The Morgan fingerprint density at radius 2 is 1.80 bits per heavy atom. The number of anilines is 1. The van der Waals surface area contributed by atoms with Gasteiger partial charge in [-0.3, -0.25) is 9.59 Å². The molecule has 3 aromatic carbocycles. The lowest BCUT2D eigenvalue weighted by Gasteiger charge is -2.25. The molecule has 176 valence electrons. The second-order valence-electron chi connectivity index (χ2n) is 8.21. The largest absolute Gasteiger partial charge is 0.489 e. The first-order valence-corrected chi connectivity index (χ1v) is 12.2. The average Bonchev–Trinajstić information content (AvgIpc) is 2.88. The summed E-state index contributed by atoms with van der Waals surface area (Å²) in [4.78, 5) is 24.8. The molecule has 0 spiro atoms. The number of allylic oxidation sites excluding steroid dienone is 1. The molecule has 0 fully saturated rings. The normalized spacial score (nSPS) is 15.2. The number of rotatable bonds is 8. The molecule has 0 aliphatic carbocycles. The van der Waals surface area contributed by atoms with Gasteiger partial charge in [-0.15, -0.1) is 0 Å². The molecule has 0 saturated carbocycles. The summed E-state index contributed by atoms with van der Waals surface area (Å²) in [6, 6.07) is 27.1. The van der Waals surface area contributed by atoms with E-state index in [9.17, 15) is 14.9 Å². The molecule has 4 rings (SSSR count). The van der Waals surface area contributed by atoms with Gasteiger partial charge in [-0.1, -0.05) is 71.9 Å². The van der Waals surface area contributed by atoms with Gasteiger partial charge in [0.05, 0.1) is 22.4 Å². The van der Waals surface area contributed by atoms with Crippen molar-refractivity contribution in [3.8, 4) is 11.8 Å². The summed E-state index contributed by atoms with van der Waals surface area (Å²) in [6.45, 7) is 2.44. The van der Waals surface area contributed by atoms with Crippen molar-refractivity contribution in [2.75, 3.05) is 11.1 Å². The monoisotopic (exact) mass is 483 g/mol. The standard InChI is InChI=1S/C28H25N3O3S/c1-19-7-11-22(12-8-19)30-27(33)18-35-28-25(16-29)24(15-26(32)31-28)21-9-13-23(14-10-21)34-17-20-5-3-2-4-6-20/h2-14,24H,15,17-18H2,1H3,(H,30,33)(H,31,32)/t24-/m1/s1. The van der Waals surface area contributed by atoms with Crippen LogP contribution >= 0.6 is 11.8 Å². The van der Waals surface area contributed by atoms with Gasteiger partial charge < -0.3 is 15.4 Å². The lowest BCUT2D eigenvalue weighted by Crippen LogP contribution is -2.31. The van der Waals surface area contributed by atoms with Crippen LogP contribution in [0.3, 0.4) is 0 Å². The average molecular weight is 484 g/mol. The van der Waals surface area contributed by atoms with Crippen molar-refractivity contribution >= 4 is 29.3 Å². The summed E-state index contributed by atoms with van der Waals surface area (Å²) in [5, 5.41) is 15.9. The molecule has 7 heteroatoms. The van der Waals surface area contributed by atoms with Crippen molar-refractivity contribution in [2.24, 2.45) is 0 Å². The van der Waals surface area contributed by atoms with Gasteiger partial charge in [-0.2, -0.15) is 5.26 Å². The highest BCUT2D eigenvalue weighted by atomic mass is 32.2. The predicted octanol–water partition coefficient (Wildman–Crippen LogP) is 5.28. The maximum Gasteiger partial charge on any atom is 0.234 e. The van der Waals surface area contributed by atoms with Crippen molar-refractivity contribution < 1.29 is 14.3 Å². The first kappa shape index (κ1) is 24.1. The molecular weight excluding hydrogens is 458 g/mol. The van der Waals surface area contributed by atoms with E-state index in [-0.39, 0.29) is 29.9 Å². The van der Waals surface area contributed by atoms with Gasteiger partial charge in [0.25, 0.3) is 0 Å². The highest BCUT2D eigenvalue weighted by Crippen LogP contribution is 2.36. The number of thioether (sulfide) groups is 1. The van der Waals surface area contributed by atoms with E-state index in [4.69, 9.17) is 4.74 Å². The first-order chi connectivity index (χ1) is 17.0. The van der Waals surface area contributed by atoms with Gasteiger partial charge in [-0.05, 0) is 42.3 Å². The van der Waals surface area contributed by atoms with Crippen molar-refractivity contribution in [1.29, 1.82) is 5.26 Å². The number of aryl methyl sites for hydroxylation is 1. The van der Waals surface area contributed by atoms with E-state index in [1.54, 1.807) is 0 Å². The number of nitrogens with zero attached hydrogens (tertiary/aromatic N) is 1. The lowest BCUT2D eigenvalue weighted by atomic mass is 9.87. The zero-order valence-corrected chi connectivity index (χ0v) is 20.1. The second kappa shape index (κ2) is 11.4. The molecule has 1 heterocycles. The molecule has 35 heavy (non-hydrogen) atoms. The first-order valence-electron chi connectivity index (χ1n) is 11.2. The van der Waals surface area contributed by atoms with Gasteiger partial charge in [0.2, 0.25) is 11.8 Å². The molecule has 3 aromatic rings. The Hall–Kier alpha value is -4.02. The molecule has 1 aliphatic rings. The number of hydrogen-bond acceptors (Lipinski definition) is 5. The molecule has 0 bridgehead atoms. The lowest BCUT2D eigenvalue weighted by molar-refractivity contribution is -0.121. The Balaban J connectivity index is 1.42. The smallest absolute Gasteiger partial charge is 0.234 e. The van der Waals surface area contributed by atoms with E-state index in [1.807, 2.05) is 85.8 Å². The molecule has 0 radical (unpaired) electrons. The number of carbonyl (C=O) groups is 2. The van der Waals surface area contributed by atoms with E-state index in [1.165, 1.54) is 0 Å². The van der Waals surface area contributed by atoms with E-state index < -0.39 is 0 Å². The van der Waals surface area contributed by atoms with Crippen molar-refractivity contribution in [3.63, 3.8) is 0 Å². The molecule has 2 N–H and O–H groups in total. The van der Waals surface area contributed by atoms with Crippen LogP contribution in [-0.4, -0.2) is 17.6 Å². The van der Waals surface area contributed by atoms with Gasteiger partial charge >= 0.3 is 0 Å². The summed E-state index contributed by atoms with van der Waals surface area (Å²) in [6.07, 6.45) is 0.173. The molecule has 0 unspecified atom stereocenters. The van der Waals surface area contributed by atoms with E-state index >= 15 is 0 Å². The van der Waals surface area contributed by atoms with Crippen LogP contribution in [0.2, 0.25) is 0 Å². The fraction of sp³-hybridized carbons (Fsp3) is 0.179. The van der Waals surface area contributed by atoms with Crippen LogP contribution in [0, 0.1) is 18.3 Å². The Labute approximate surface area is 209 Å². The number of hydrogen-bond donors (Lipinski definition) is 2. The van der Waals surface area contributed by atoms with Gasteiger partial charge in [0.15, 0.2) is 0 Å². The zero-order valence-electron chi connectivity index (χ0n) is 19.3. The third kappa shape index (κ3) is 6.52. The quantitative estimate of drug-likeness (QED) is 0.455. The van der Waals surface area contributed by atoms with Crippen molar-refractivity contribution in [3.05, 3.63) is 106 Å². The van der Waals surface area contributed by atoms with Crippen LogP contribution in [0.25, 0.3) is 0 Å². The Bertz CT molecular complexity index is 1260. The topological polar surface area (TPSA) is 91.2 Å². The Morgan fingerprint density at radius 1 is 1.09 bits per heavy atom. The Morgan fingerprint density at radius 3 is 2.49 bits per heavy atom. The SMILES string of the molecule is Cc1ccc(NC(=O)CSC2=C(C#N)[C@@H](c3ccc(OCc4ccccc4)cc3)CC(=O)N2)cc1. The van der Waals surface area contributed by atoms with Crippen molar-refractivity contribution in [2.45, 2.75) is 25.9 Å². The van der Waals surface area contributed by atoms with Crippen LogP contribution in [0.1, 0.15) is 29.0 Å². The fourth-order valence-electron chi connectivity index (χ4n) is 3.73. The highest BCUT2D eigenvalue weighted by Gasteiger charge is 2.30. The number of benzene rings is 3. The summed E-state index contributed by atoms with van der Waals surface area (Å²) < 4.78 is 5.85. The van der Waals surface area contributed by atoms with Crippen molar-refractivity contribution in [1.82, 2.24) is 5.32 Å². The highest BCUT2D eigenvalue weighted by molar-refractivity contribution is 8.03. The Kier molecular flexibility index (Phi) is 7.86. The number of nitriles is 1. The van der Waals surface area contributed by atoms with E-state index in [2.05, 4.69) is 16.7 Å². The molecular formula is C28H25N3O3S. The third-order valence-electron chi connectivity index (χ3n) is 5.57.